The second-order valence-electron chi connectivity index (χ2n) is 6.50. The van der Waals surface area contributed by atoms with Crippen LogP contribution in [0, 0.1) is 5.92 Å². The molecule has 1 aromatic carbocycles. The molecule has 1 aliphatic heterocycles. The number of ether oxygens (including phenoxy) is 1. The van der Waals surface area contributed by atoms with Crippen molar-refractivity contribution in [1.29, 1.82) is 0 Å². The minimum atomic E-state index is -0.247. The van der Waals surface area contributed by atoms with Gasteiger partial charge in [0, 0.05) is 31.7 Å². The highest BCUT2D eigenvalue weighted by Crippen LogP contribution is 2.07. The predicted molar refractivity (Wildman–Crippen MR) is 92.8 cm³/mol. The minimum Gasteiger partial charge on any atom is -0.374 e. The van der Waals surface area contributed by atoms with Crippen LogP contribution in [0.4, 0.5) is 0 Å². The molecule has 0 saturated carbocycles. The first-order valence-electron chi connectivity index (χ1n) is 8.48. The van der Waals surface area contributed by atoms with E-state index in [9.17, 15) is 9.59 Å². The first-order valence-corrected chi connectivity index (χ1v) is 8.48. The smallest absolute Gasteiger partial charge is 0.251 e. The molecule has 0 bridgehead atoms. The lowest BCUT2D eigenvalue weighted by Gasteiger charge is -2.33. The first-order chi connectivity index (χ1) is 11.5. The van der Waals surface area contributed by atoms with Crippen LogP contribution in [0.15, 0.2) is 30.3 Å². The third-order valence-electron chi connectivity index (χ3n) is 3.82. The van der Waals surface area contributed by atoms with Gasteiger partial charge in [0.05, 0.1) is 19.3 Å². The van der Waals surface area contributed by atoms with Crippen molar-refractivity contribution in [2.75, 3.05) is 39.3 Å². The van der Waals surface area contributed by atoms with Gasteiger partial charge in [-0.3, -0.25) is 14.5 Å². The molecular weight excluding hydrogens is 306 g/mol. The number of carbonyl (C=O) groups excluding carboxylic acids is 2. The van der Waals surface area contributed by atoms with E-state index in [1.807, 2.05) is 6.07 Å². The molecule has 132 valence electrons. The maximum Gasteiger partial charge on any atom is 0.251 e. The monoisotopic (exact) mass is 333 g/mol. The van der Waals surface area contributed by atoms with Crippen LogP contribution in [0.1, 0.15) is 24.2 Å². The van der Waals surface area contributed by atoms with Gasteiger partial charge in [0.15, 0.2) is 0 Å². The molecule has 6 heteroatoms. The Morgan fingerprint density at radius 3 is 2.71 bits per heavy atom. The van der Waals surface area contributed by atoms with Crippen molar-refractivity contribution in [3.63, 3.8) is 0 Å². The molecule has 1 saturated heterocycles. The van der Waals surface area contributed by atoms with Crippen LogP contribution >= 0.6 is 0 Å². The number of hydrogen-bond acceptors (Lipinski definition) is 4. The van der Waals surface area contributed by atoms with Crippen molar-refractivity contribution in [2.45, 2.75) is 20.0 Å². The average Bonchev–Trinajstić information content (AvgIpc) is 2.58. The molecule has 1 aromatic rings. The first kappa shape index (κ1) is 18.4. The topological polar surface area (TPSA) is 70.7 Å². The highest BCUT2D eigenvalue weighted by atomic mass is 16.5. The number of benzene rings is 1. The minimum absolute atomic E-state index is 0.00581. The van der Waals surface area contributed by atoms with Gasteiger partial charge in [-0.15, -0.1) is 0 Å². The van der Waals surface area contributed by atoms with Crippen molar-refractivity contribution >= 4 is 11.8 Å². The Morgan fingerprint density at radius 1 is 1.25 bits per heavy atom. The lowest BCUT2D eigenvalue weighted by Crippen LogP contribution is -2.49. The quantitative estimate of drug-likeness (QED) is 0.777. The van der Waals surface area contributed by atoms with Crippen LogP contribution in [0.3, 0.4) is 0 Å². The van der Waals surface area contributed by atoms with Gasteiger partial charge in [0.25, 0.3) is 5.91 Å². The molecule has 2 amide bonds. The molecule has 2 N–H and O–H groups in total. The molecule has 1 atom stereocenters. The molecule has 0 aromatic heterocycles. The maximum atomic E-state index is 11.9. The Hall–Kier alpha value is -1.92. The fraction of sp³-hybridized carbons (Fsp3) is 0.556. The Balaban J connectivity index is 1.66. The van der Waals surface area contributed by atoms with Crippen molar-refractivity contribution < 1.29 is 14.3 Å². The van der Waals surface area contributed by atoms with E-state index < -0.39 is 0 Å². The third kappa shape index (κ3) is 6.29. The van der Waals surface area contributed by atoms with E-state index in [1.165, 1.54) is 0 Å². The SMILES string of the molecule is CC(C)CN1CCOC(CNC(=O)CNC(=O)c2ccccc2)C1. The number of carbonyl (C=O) groups is 2. The fourth-order valence-electron chi connectivity index (χ4n) is 2.73. The predicted octanol–water partition coefficient (Wildman–Crippen LogP) is 0.889. The standard InChI is InChI=1S/C18H27N3O3/c1-14(2)12-21-8-9-24-16(13-21)10-19-17(22)11-20-18(23)15-6-4-3-5-7-15/h3-7,14,16H,8-13H2,1-2H3,(H,19,22)(H,20,23). The average molecular weight is 333 g/mol. The van der Waals surface area contributed by atoms with Crippen LogP contribution in [0.5, 0.6) is 0 Å². The molecule has 0 radical (unpaired) electrons. The summed E-state index contributed by atoms with van der Waals surface area (Å²) in [5.74, 6) is 0.165. The van der Waals surface area contributed by atoms with Crippen LogP contribution in [-0.2, 0) is 9.53 Å². The molecule has 2 rings (SSSR count). The number of amides is 2. The van der Waals surface area contributed by atoms with E-state index >= 15 is 0 Å². The molecule has 0 spiro atoms. The highest BCUT2D eigenvalue weighted by molar-refractivity contribution is 5.96. The molecule has 1 unspecified atom stereocenters. The van der Waals surface area contributed by atoms with E-state index in [-0.39, 0.29) is 24.5 Å². The maximum absolute atomic E-state index is 11.9. The van der Waals surface area contributed by atoms with Gasteiger partial charge < -0.3 is 15.4 Å². The second-order valence-corrected chi connectivity index (χ2v) is 6.50. The summed E-state index contributed by atoms with van der Waals surface area (Å²) in [4.78, 5) is 26.1. The van der Waals surface area contributed by atoms with Gasteiger partial charge in [-0.05, 0) is 18.1 Å². The van der Waals surface area contributed by atoms with E-state index in [2.05, 4.69) is 29.4 Å². The largest absolute Gasteiger partial charge is 0.374 e. The highest BCUT2D eigenvalue weighted by Gasteiger charge is 2.21. The number of morpholine rings is 1. The van der Waals surface area contributed by atoms with Gasteiger partial charge >= 0.3 is 0 Å². The summed E-state index contributed by atoms with van der Waals surface area (Å²) in [6, 6.07) is 8.85. The lowest BCUT2D eigenvalue weighted by atomic mass is 10.2. The molecular formula is C18H27N3O3. The van der Waals surface area contributed by atoms with Crippen molar-refractivity contribution in [3.05, 3.63) is 35.9 Å². The van der Waals surface area contributed by atoms with Crippen molar-refractivity contribution in [3.8, 4) is 0 Å². The number of nitrogens with zero attached hydrogens (tertiary/aromatic N) is 1. The Kier molecular flexibility index (Phi) is 7.21. The summed E-state index contributed by atoms with van der Waals surface area (Å²) < 4.78 is 5.69. The Labute approximate surface area is 143 Å². The summed E-state index contributed by atoms with van der Waals surface area (Å²) in [5, 5.41) is 5.45. The van der Waals surface area contributed by atoms with Crippen LogP contribution in [0.25, 0.3) is 0 Å². The zero-order chi connectivity index (χ0) is 17.4. The van der Waals surface area contributed by atoms with E-state index in [4.69, 9.17) is 4.74 Å². The van der Waals surface area contributed by atoms with Gasteiger partial charge in [0.2, 0.25) is 5.91 Å². The summed E-state index contributed by atoms with van der Waals surface area (Å²) in [5.41, 5.74) is 0.547. The second kappa shape index (κ2) is 9.39. The van der Waals surface area contributed by atoms with Crippen molar-refractivity contribution in [2.24, 2.45) is 5.92 Å². The summed E-state index contributed by atoms with van der Waals surface area (Å²) >= 11 is 0. The summed E-state index contributed by atoms with van der Waals surface area (Å²) in [7, 11) is 0. The van der Waals surface area contributed by atoms with Crippen LogP contribution < -0.4 is 10.6 Å². The number of rotatable bonds is 7. The molecule has 1 aliphatic rings. The Morgan fingerprint density at radius 2 is 2.00 bits per heavy atom. The zero-order valence-corrected chi connectivity index (χ0v) is 14.5. The van der Waals surface area contributed by atoms with Gasteiger partial charge in [-0.1, -0.05) is 32.0 Å². The molecule has 24 heavy (non-hydrogen) atoms. The van der Waals surface area contributed by atoms with E-state index in [0.29, 0.717) is 24.6 Å². The van der Waals surface area contributed by atoms with Crippen molar-refractivity contribution in [1.82, 2.24) is 15.5 Å². The normalized spacial score (nSPS) is 18.4. The summed E-state index contributed by atoms with van der Waals surface area (Å²) in [6.07, 6.45) is 0.00581. The van der Waals surface area contributed by atoms with E-state index in [1.54, 1.807) is 24.3 Å². The van der Waals surface area contributed by atoms with Crippen LogP contribution in [0.2, 0.25) is 0 Å². The number of nitrogens with one attached hydrogen (secondary N) is 2. The summed E-state index contributed by atoms with van der Waals surface area (Å²) in [6.45, 7) is 8.33. The van der Waals surface area contributed by atoms with Gasteiger partial charge in [-0.25, -0.2) is 0 Å². The van der Waals surface area contributed by atoms with Crippen LogP contribution in [-0.4, -0.2) is 62.1 Å². The third-order valence-corrected chi connectivity index (χ3v) is 3.82. The Bertz CT molecular complexity index is 534. The fourth-order valence-corrected chi connectivity index (χ4v) is 2.73. The number of hydrogen-bond donors (Lipinski definition) is 2. The molecule has 0 aliphatic carbocycles. The molecule has 6 nitrogen and oxygen atoms in total. The lowest BCUT2D eigenvalue weighted by molar-refractivity contribution is -0.121. The zero-order valence-electron chi connectivity index (χ0n) is 14.5. The van der Waals surface area contributed by atoms with Gasteiger partial charge in [0.1, 0.15) is 0 Å². The van der Waals surface area contributed by atoms with E-state index in [0.717, 1.165) is 19.6 Å². The molecule has 1 heterocycles. The molecule has 1 fully saturated rings. The van der Waals surface area contributed by atoms with Gasteiger partial charge in [-0.2, -0.15) is 0 Å².